The topological polar surface area (TPSA) is 125 Å². The van der Waals surface area contributed by atoms with E-state index in [1.807, 2.05) is 63.3 Å². The molecule has 5 bridgehead atoms. The zero-order chi connectivity index (χ0) is 31.6. The molecule has 4 heterocycles. The summed E-state index contributed by atoms with van der Waals surface area (Å²) in [6.07, 6.45) is 6.59. The second-order valence-electron chi connectivity index (χ2n) is 12.9. The van der Waals surface area contributed by atoms with Crippen molar-refractivity contribution in [3.8, 4) is 0 Å². The van der Waals surface area contributed by atoms with Crippen molar-refractivity contribution in [2.75, 3.05) is 26.2 Å². The molecule has 2 fully saturated rings. The van der Waals surface area contributed by atoms with Crippen LogP contribution in [-0.2, 0) is 28.7 Å². The Morgan fingerprint density at radius 3 is 2.50 bits per heavy atom. The molecule has 10 nitrogen and oxygen atoms in total. The summed E-state index contributed by atoms with van der Waals surface area (Å²) in [7, 11) is 0. The van der Waals surface area contributed by atoms with Crippen LogP contribution in [0.1, 0.15) is 64.5 Å². The van der Waals surface area contributed by atoms with Gasteiger partial charge in [-0.3, -0.25) is 19.2 Å². The third kappa shape index (κ3) is 6.10. The summed E-state index contributed by atoms with van der Waals surface area (Å²) in [4.78, 5) is 59.1. The lowest BCUT2D eigenvalue weighted by atomic mass is 9.74. The van der Waals surface area contributed by atoms with E-state index in [0.29, 0.717) is 42.3 Å². The largest absolute Gasteiger partial charge is 0.455 e. The summed E-state index contributed by atoms with van der Waals surface area (Å²) in [5.41, 5.74) is -1.24. The van der Waals surface area contributed by atoms with E-state index in [1.54, 1.807) is 15.9 Å². The van der Waals surface area contributed by atoms with Gasteiger partial charge in [0.15, 0.2) is 0 Å². The Balaban J connectivity index is 1.58. The number of hydrogen-bond donors (Lipinski definition) is 2. The Labute approximate surface area is 266 Å². The van der Waals surface area contributed by atoms with Crippen LogP contribution in [0.2, 0.25) is 0 Å². The summed E-state index contributed by atoms with van der Waals surface area (Å²) in [6, 6.07) is 8.19. The monoisotopic (exact) mass is 671 g/mol. The van der Waals surface area contributed by atoms with Gasteiger partial charge in [0, 0.05) is 36.1 Å². The van der Waals surface area contributed by atoms with E-state index in [9.17, 15) is 24.3 Å². The third-order valence-corrected chi connectivity index (χ3v) is 9.65. The number of aliphatic hydroxyl groups is 1. The Hall–Kier alpha value is -3.02. The number of fused-ring (bicyclic) bond motifs is 2. The first kappa shape index (κ1) is 32.4. The summed E-state index contributed by atoms with van der Waals surface area (Å²) in [6.45, 7) is 6.51. The quantitative estimate of drug-likeness (QED) is 0.270. The van der Waals surface area contributed by atoms with Crippen molar-refractivity contribution in [1.82, 2.24) is 15.1 Å². The summed E-state index contributed by atoms with van der Waals surface area (Å²) < 4.78 is 13.3. The molecule has 2 saturated heterocycles. The molecular formula is C33H42BrN3O7. The van der Waals surface area contributed by atoms with Gasteiger partial charge in [0.1, 0.15) is 29.8 Å². The van der Waals surface area contributed by atoms with E-state index < -0.39 is 47.2 Å². The molecular weight excluding hydrogens is 630 g/mol. The lowest BCUT2D eigenvalue weighted by Gasteiger charge is -2.41. The van der Waals surface area contributed by atoms with Gasteiger partial charge in [0.25, 0.3) is 0 Å². The highest BCUT2D eigenvalue weighted by Gasteiger charge is 2.75. The first-order chi connectivity index (χ1) is 21.0. The highest BCUT2D eigenvalue weighted by Crippen LogP contribution is 2.59. The van der Waals surface area contributed by atoms with E-state index in [-0.39, 0.29) is 43.8 Å². The number of halogens is 1. The summed E-state index contributed by atoms with van der Waals surface area (Å²) >= 11 is 3.59. The molecule has 2 N–H and O–H groups in total. The Kier molecular flexibility index (Phi) is 9.67. The first-order valence-corrected chi connectivity index (χ1v) is 16.2. The van der Waals surface area contributed by atoms with E-state index in [4.69, 9.17) is 9.47 Å². The molecule has 44 heavy (non-hydrogen) atoms. The minimum atomic E-state index is -1.35. The van der Waals surface area contributed by atoms with Gasteiger partial charge in [-0.25, -0.2) is 0 Å². The van der Waals surface area contributed by atoms with Gasteiger partial charge in [0.2, 0.25) is 17.7 Å². The second-order valence-corrected chi connectivity index (χ2v) is 13.8. The number of allylic oxidation sites excluding steroid dienone is 1. The smallest absolute Gasteiger partial charge is 0.313 e. The standard InChI is InChI=1S/C33H42BrN3O7/c1-32(2,3)37-17-11-5-9-15-24(39)35-20-23(21-13-7-4-8-14-21)43-31(42)25-26-29(40)36(16-10-6-12-18-38)28(30(37)41)33(26)19-22(34)27(25)44-33/h4-5,7-8,11,13-14,19,23,25-28,38H,6,9-10,12,15-18,20H2,1-3H3,(H,35,39)/b11-5-/t23-,25-,26+,27-,28-,33+/m1/s1. The van der Waals surface area contributed by atoms with Crippen molar-refractivity contribution in [3.63, 3.8) is 0 Å². The molecule has 3 amide bonds. The number of nitrogens with one attached hydrogen (secondary N) is 1. The minimum absolute atomic E-state index is 0.0461. The molecule has 0 saturated carbocycles. The van der Waals surface area contributed by atoms with Crippen LogP contribution in [0, 0.1) is 11.8 Å². The van der Waals surface area contributed by atoms with Crippen LogP contribution >= 0.6 is 15.9 Å². The number of cyclic esters (lactones) is 1. The van der Waals surface area contributed by atoms with Crippen molar-refractivity contribution in [2.24, 2.45) is 11.8 Å². The maximum atomic E-state index is 14.6. The third-order valence-electron chi connectivity index (χ3n) is 8.97. The van der Waals surface area contributed by atoms with Crippen LogP contribution in [0.15, 0.2) is 53.0 Å². The van der Waals surface area contributed by atoms with Crippen molar-refractivity contribution in [2.45, 2.75) is 82.3 Å². The number of amides is 3. The zero-order valence-corrected chi connectivity index (χ0v) is 27.1. The molecule has 1 aromatic rings. The highest BCUT2D eigenvalue weighted by atomic mass is 79.9. The van der Waals surface area contributed by atoms with E-state index in [0.717, 1.165) is 0 Å². The fraction of sp³-hybridized carbons (Fsp3) is 0.576. The van der Waals surface area contributed by atoms with Crippen molar-refractivity contribution >= 4 is 39.6 Å². The number of esters is 1. The fourth-order valence-electron chi connectivity index (χ4n) is 6.84. The maximum absolute atomic E-state index is 14.6. The van der Waals surface area contributed by atoms with Crippen LogP contribution in [0.4, 0.5) is 0 Å². The number of likely N-dealkylation sites (tertiary alicyclic amines) is 1. The molecule has 6 atom stereocenters. The minimum Gasteiger partial charge on any atom is -0.455 e. The zero-order valence-electron chi connectivity index (χ0n) is 25.5. The van der Waals surface area contributed by atoms with Crippen molar-refractivity contribution in [1.29, 1.82) is 0 Å². The highest BCUT2D eigenvalue weighted by molar-refractivity contribution is 9.11. The Morgan fingerprint density at radius 2 is 1.80 bits per heavy atom. The molecule has 0 unspecified atom stereocenters. The van der Waals surface area contributed by atoms with E-state index >= 15 is 0 Å². The van der Waals surface area contributed by atoms with Gasteiger partial charge in [-0.05, 0) is 58.1 Å². The van der Waals surface area contributed by atoms with Gasteiger partial charge in [-0.15, -0.1) is 0 Å². The number of rotatable bonds is 6. The van der Waals surface area contributed by atoms with Gasteiger partial charge in [0.05, 0.1) is 12.5 Å². The summed E-state index contributed by atoms with van der Waals surface area (Å²) in [5.74, 6) is -3.32. The molecule has 238 valence electrons. The molecule has 4 aliphatic heterocycles. The van der Waals surface area contributed by atoms with Crippen molar-refractivity contribution < 1.29 is 33.8 Å². The van der Waals surface area contributed by atoms with Crippen LogP contribution in [0.3, 0.4) is 0 Å². The number of hydrogen-bond acceptors (Lipinski definition) is 7. The molecule has 0 aromatic heterocycles. The first-order valence-electron chi connectivity index (χ1n) is 15.5. The number of ether oxygens (including phenoxy) is 2. The van der Waals surface area contributed by atoms with Gasteiger partial charge in [-0.1, -0.05) is 58.4 Å². The Morgan fingerprint density at radius 1 is 1.05 bits per heavy atom. The SMILES string of the molecule is CC(C)(C)N1C/C=C\CCC(=O)NC[C@H](c2ccccc2)OC(=O)[C@H]2[C@@H]3O[C@@]4(C=C3Br)[C@@H]2C(=O)N(CCCCCO)[C@@H]4C1=O. The average Bonchev–Trinajstić information content (AvgIpc) is 3.57. The fourth-order valence-corrected chi connectivity index (χ4v) is 7.58. The summed E-state index contributed by atoms with van der Waals surface area (Å²) in [5, 5.41) is 12.2. The molecule has 0 aliphatic carbocycles. The van der Waals surface area contributed by atoms with Gasteiger partial charge in [-0.2, -0.15) is 0 Å². The second kappa shape index (κ2) is 13.1. The number of unbranched alkanes of at least 4 members (excludes halogenated alkanes) is 2. The van der Waals surface area contributed by atoms with E-state index in [1.165, 1.54) is 0 Å². The van der Waals surface area contributed by atoms with Crippen LogP contribution < -0.4 is 5.32 Å². The van der Waals surface area contributed by atoms with Crippen molar-refractivity contribution in [3.05, 3.63) is 58.6 Å². The van der Waals surface area contributed by atoms with Crippen LogP contribution in [0.5, 0.6) is 0 Å². The van der Waals surface area contributed by atoms with Gasteiger partial charge < -0.3 is 29.7 Å². The lowest BCUT2D eigenvalue weighted by molar-refractivity contribution is -0.160. The normalized spacial score (nSPS) is 31.9. The molecule has 5 rings (SSSR count). The molecule has 11 heteroatoms. The predicted octanol–water partition coefficient (Wildman–Crippen LogP) is 3.40. The molecule has 1 spiro atoms. The average molecular weight is 673 g/mol. The predicted molar refractivity (Wildman–Crippen MR) is 166 cm³/mol. The van der Waals surface area contributed by atoms with Crippen LogP contribution in [-0.4, -0.2) is 88.1 Å². The number of carbonyl (C=O) groups is 4. The maximum Gasteiger partial charge on any atom is 0.313 e. The number of nitrogens with zero attached hydrogens (tertiary/aromatic N) is 2. The van der Waals surface area contributed by atoms with Gasteiger partial charge >= 0.3 is 5.97 Å². The lowest BCUT2D eigenvalue weighted by Crippen LogP contribution is -2.59. The number of carbonyl (C=O) groups excluding carboxylic acids is 4. The molecule has 1 aromatic carbocycles. The Bertz CT molecular complexity index is 1330. The number of benzene rings is 1. The number of aliphatic hydroxyl groups excluding tert-OH is 1. The van der Waals surface area contributed by atoms with Crippen LogP contribution in [0.25, 0.3) is 0 Å². The molecule has 0 radical (unpaired) electrons. The van der Waals surface area contributed by atoms with E-state index in [2.05, 4.69) is 21.2 Å². The molecule has 4 aliphatic rings.